The Labute approximate surface area is 123 Å². The van der Waals surface area contributed by atoms with E-state index in [2.05, 4.69) is 5.10 Å². The molecule has 0 aliphatic heterocycles. The fourth-order valence-electron chi connectivity index (χ4n) is 1.90. The van der Waals surface area contributed by atoms with E-state index >= 15 is 0 Å². The van der Waals surface area contributed by atoms with Crippen LogP contribution in [0, 0.1) is 0 Å². The first-order valence-corrected chi connectivity index (χ1v) is 6.39. The molecule has 0 fully saturated rings. The number of hydrogen-bond donors (Lipinski definition) is 1. The molecule has 0 unspecified atom stereocenters. The van der Waals surface area contributed by atoms with Gasteiger partial charge in [0, 0.05) is 18.3 Å². The van der Waals surface area contributed by atoms with Gasteiger partial charge in [0.2, 0.25) is 5.75 Å². The van der Waals surface area contributed by atoms with Crippen LogP contribution in [0.1, 0.15) is 0 Å². The number of ether oxygens (including phenoxy) is 4. The molecule has 0 saturated heterocycles. The van der Waals surface area contributed by atoms with Crippen LogP contribution in [0.4, 0.5) is 5.82 Å². The Balaban J connectivity index is 2.05. The third-order valence-corrected chi connectivity index (χ3v) is 2.89. The second-order valence-electron chi connectivity index (χ2n) is 4.21. The largest absolute Gasteiger partial charge is 0.493 e. The summed E-state index contributed by atoms with van der Waals surface area (Å²) in [4.78, 5) is 0. The van der Waals surface area contributed by atoms with Gasteiger partial charge in [0.25, 0.3) is 0 Å². The van der Waals surface area contributed by atoms with Crippen molar-refractivity contribution in [1.82, 2.24) is 9.78 Å². The zero-order valence-electron chi connectivity index (χ0n) is 12.3. The van der Waals surface area contributed by atoms with Crippen LogP contribution in [0.25, 0.3) is 0 Å². The normalized spacial score (nSPS) is 10.2. The number of rotatable bonds is 7. The molecule has 1 aromatic heterocycles. The van der Waals surface area contributed by atoms with E-state index in [9.17, 15) is 0 Å². The molecule has 0 saturated carbocycles. The molecule has 0 radical (unpaired) electrons. The lowest BCUT2D eigenvalue weighted by molar-refractivity contribution is 0.282. The first-order chi connectivity index (χ1) is 10.2. The number of benzene rings is 1. The lowest BCUT2D eigenvalue weighted by atomic mass is 10.2. The Kier molecular flexibility index (Phi) is 4.76. The number of methoxy groups -OCH3 is 3. The maximum Gasteiger partial charge on any atom is 0.203 e. The maximum atomic E-state index is 5.69. The predicted molar refractivity (Wildman–Crippen MR) is 78.2 cm³/mol. The van der Waals surface area contributed by atoms with Crippen molar-refractivity contribution in [3.8, 4) is 23.0 Å². The molecule has 2 N–H and O–H groups in total. The van der Waals surface area contributed by atoms with Crippen molar-refractivity contribution in [2.75, 3.05) is 33.7 Å². The number of anilines is 1. The highest BCUT2D eigenvalue weighted by Crippen LogP contribution is 2.40. The molecule has 1 heterocycles. The van der Waals surface area contributed by atoms with E-state index in [1.807, 2.05) is 0 Å². The zero-order valence-corrected chi connectivity index (χ0v) is 12.3. The summed E-state index contributed by atoms with van der Waals surface area (Å²) in [6.45, 7) is 1.04. The van der Waals surface area contributed by atoms with Gasteiger partial charge in [-0.1, -0.05) is 0 Å². The monoisotopic (exact) mass is 293 g/mol. The number of hydrogen-bond acceptors (Lipinski definition) is 6. The van der Waals surface area contributed by atoms with Gasteiger partial charge in [-0.2, -0.15) is 5.10 Å². The molecule has 0 aliphatic carbocycles. The fourth-order valence-corrected chi connectivity index (χ4v) is 1.90. The smallest absolute Gasteiger partial charge is 0.203 e. The molecule has 2 rings (SSSR count). The van der Waals surface area contributed by atoms with Crippen LogP contribution in [0.2, 0.25) is 0 Å². The summed E-state index contributed by atoms with van der Waals surface area (Å²) >= 11 is 0. The zero-order chi connectivity index (χ0) is 15.2. The van der Waals surface area contributed by atoms with Crippen LogP contribution in [-0.4, -0.2) is 37.7 Å². The Morgan fingerprint density at radius 3 is 2.24 bits per heavy atom. The summed E-state index contributed by atoms with van der Waals surface area (Å²) in [7, 11) is 4.68. The molecule has 0 spiro atoms. The molecular formula is C14H19N3O4. The van der Waals surface area contributed by atoms with Gasteiger partial charge in [0.15, 0.2) is 11.5 Å². The van der Waals surface area contributed by atoms with Crippen LogP contribution in [0.5, 0.6) is 23.0 Å². The van der Waals surface area contributed by atoms with Crippen LogP contribution < -0.4 is 24.7 Å². The van der Waals surface area contributed by atoms with E-state index < -0.39 is 0 Å². The van der Waals surface area contributed by atoms with Gasteiger partial charge in [0.05, 0.1) is 27.9 Å². The Hall–Kier alpha value is -2.57. The first kappa shape index (κ1) is 14.8. The van der Waals surface area contributed by atoms with E-state index in [1.54, 1.807) is 50.4 Å². The second kappa shape index (κ2) is 6.74. The Morgan fingerprint density at radius 2 is 1.76 bits per heavy atom. The maximum absolute atomic E-state index is 5.69. The van der Waals surface area contributed by atoms with Gasteiger partial charge in [-0.25, -0.2) is 0 Å². The topological polar surface area (TPSA) is 80.8 Å². The van der Waals surface area contributed by atoms with Crippen LogP contribution in [-0.2, 0) is 6.54 Å². The van der Waals surface area contributed by atoms with Crippen molar-refractivity contribution in [3.63, 3.8) is 0 Å². The van der Waals surface area contributed by atoms with Gasteiger partial charge in [-0.15, -0.1) is 0 Å². The summed E-state index contributed by atoms with van der Waals surface area (Å²) in [5.41, 5.74) is 5.55. The lowest BCUT2D eigenvalue weighted by Gasteiger charge is -2.14. The number of nitrogens with zero attached hydrogens (tertiary/aromatic N) is 2. The molecule has 21 heavy (non-hydrogen) atoms. The highest BCUT2D eigenvalue weighted by molar-refractivity contribution is 5.55. The van der Waals surface area contributed by atoms with Gasteiger partial charge >= 0.3 is 0 Å². The standard InChI is InChI=1S/C14H19N3O4/c1-18-11-8-10(9-12(19-2)14(11)20-3)21-7-6-17-5-4-13(15)16-17/h4-5,8-9H,6-7H2,1-3H3,(H2,15,16). The van der Waals surface area contributed by atoms with E-state index in [-0.39, 0.29) is 0 Å². The summed E-state index contributed by atoms with van der Waals surface area (Å²) < 4.78 is 23.2. The van der Waals surface area contributed by atoms with Crippen molar-refractivity contribution in [2.24, 2.45) is 0 Å². The van der Waals surface area contributed by atoms with Crippen LogP contribution in [0.15, 0.2) is 24.4 Å². The molecule has 2 aromatic rings. The van der Waals surface area contributed by atoms with Crippen molar-refractivity contribution in [1.29, 1.82) is 0 Å². The highest BCUT2D eigenvalue weighted by Gasteiger charge is 2.13. The molecule has 114 valence electrons. The second-order valence-corrected chi connectivity index (χ2v) is 4.21. The lowest BCUT2D eigenvalue weighted by Crippen LogP contribution is -2.09. The molecule has 1 aromatic carbocycles. The summed E-state index contributed by atoms with van der Waals surface area (Å²) in [6.07, 6.45) is 1.80. The highest BCUT2D eigenvalue weighted by atomic mass is 16.5. The van der Waals surface area contributed by atoms with Crippen LogP contribution >= 0.6 is 0 Å². The molecule has 0 atom stereocenters. The number of nitrogen functional groups attached to an aromatic ring is 1. The van der Waals surface area contributed by atoms with Gasteiger partial charge < -0.3 is 24.7 Å². The van der Waals surface area contributed by atoms with Gasteiger partial charge in [-0.05, 0) is 6.07 Å². The molecule has 7 nitrogen and oxygen atoms in total. The minimum absolute atomic E-state index is 0.444. The quantitative estimate of drug-likeness (QED) is 0.834. The minimum atomic E-state index is 0.444. The third kappa shape index (κ3) is 3.50. The molecule has 0 amide bonds. The fraction of sp³-hybridized carbons (Fsp3) is 0.357. The van der Waals surface area contributed by atoms with Gasteiger partial charge in [0.1, 0.15) is 18.2 Å². The van der Waals surface area contributed by atoms with E-state index in [4.69, 9.17) is 24.7 Å². The minimum Gasteiger partial charge on any atom is -0.493 e. The Bertz CT molecular complexity index is 573. The predicted octanol–water partition coefficient (Wildman–Crippen LogP) is 1.57. The van der Waals surface area contributed by atoms with Crippen molar-refractivity contribution >= 4 is 5.82 Å². The molecule has 0 aliphatic rings. The van der Waals surface area contributed by atoms with Crippen molar-refractivity contribution in [3.05, 3.63) is 24.4 Å². The molecular weight excluding hydrogens is 274 g/mol. The van der Waals surface area contributed by atoms with E-state index in [0.29, 0.717) is 42.0 Å². The first-order valence-electron chi connectivity index (χ1n) is 6.39. The summed E-state index contributed by atoms with van der Waals surface area (Å²) in [6, 6.07) is 5.23. The van der Waals surface area contributed by atoms with Crippen molar-refractivity contribution in [2.45, 2.75) is 6.54 Å². The average molecular weight is 293 g/mol. The average Bonchev–Trinajstić information content (AvgIpc) is 2.91. The Morgan fingerprint density at radius 1 is 1.10 bits per heavy atom. The summed E-state index contributed by atoms with van der Waals surface area (Å²) in [5, 5.41) is 4.08. The van der Waals surface area contributed by atoms with E-state index in [0.717, 1.165) is 0 Å². The van der Waals surface area contributed by atoms with E-state index in [1.165, 1.54) is 0 Å². The molecule has 7 heteroatoms. The number of aromatic nitrogens is 2. The molecule has 0 bridgehead atoms. The van der Waals surface area contributed by atoms with Crippen LogP contribution in [0.3, 0.4) is 0 Å². The third-order valence-electron chi connectivity index (χ3n) is 2.89. The number of nitrogens with two attached hydrogens (primary N) is 1. The van der Waals surface area contributed by atoms with Gasteiger partial charge in [-0.3, -0.25) is 4.68 Å². The summed E-state index contributed by atoms with van der Waals surface area (Å²) in [5.74, 6) is 2.75. The SMILES string of the molecule is COc1cc(OCCn2ccc(N)n2)cc(OC)c1OC. The van der Waals surface area contributed by atoms with Crippen molar-refractivity contribution < 1.29 is 18.9 Å².